The van der Waals surface area contributed by atoms with E-state index in [0.29, 0.717) is 6.42 Å². The molecule has 0 saturated carbocycles. The molecular formula is C7H9N3O3. The molecule has 0 aromatic carbocycles. The Labute approximate surface area is 74.4 Å². The summed E-state index contributed by atoms with van der Waals surface area (Å²) in [5, 5.41) is 11.8. The number of hydrogen-bond acceptors (Lipinski definition) is 3. The normalized spacial score (nSPS) is 25.5. The van der Waals surface area contributed by atoms with Gasteiger partial charge in [0.05, 0.1) is 12.1 Å². The first-order chi connectivity index (χ1) is 6.22. The Balaban J connectivity index is 2.30. The Morgan fingerprint density at radius 2 is 2.54 bits per heavy atom. The molecule has 0 unspecified atom stereocenters. The third-order valence-electron chi connectivity index (χ3n) is 1.64. The Bertz CT molecular complexity index is 270. The lowest BCUT2D eigenvalue weighted by Gasteiger charge is -2.07. The third-order valence-corrected chi connectivity index (χ3v) is 1.64. The molecule has 1 aliphatic carbocycles. The maximum atomic E-state index is 10.1. The molecule has 13 heavy (non-hydrogen) atoms. The van der Waals surface area contributed by atoms with Crippen LogP contribution in [0.2, 0.25) is 0 Å². The molecule has 0 fully saturated rings. The first-order valence-corrected chi connectivity index (χ1v) is 3.78. The molecule has 0 heterocycles. The van der Waals surface area contributed by atoms with Crippen molar-refractivity contribution < 1.29 is 14.6 Å². The van der Waals surface area contributed by atoms with Gasteiger partial charge < -0.3 is 9.84 Å². The number of rotatable bonds is 4. The fraction of sp³-hybridized carbons (Fsp3) is 0.571. The van der Waals surface area contributed by atoms with E-state index >= 15 is 0 Å². The molecule has 6 heteroatoms. The second-order valence-corrected chi connectivity index (χ2v) is 2.64. The smallest absolute Gasteiger partial charge is 0.329 e. The highest BCUT2D eigenvalue weighted by molar-refractivity contribution is 5.68. The summed E-state index contributed by atoms with van der Waals surface area (Å²) >= 11 is 0. The fourth-order valence-corrected chi connectivity index (χ4v) is 1.10. The average Bonchev–Trinajstić information content (AvgIpc) is 2.50. The second-order valence-electron chi connectivity index (χ2n) is 2.64. The van der Waals surface area contributed by atoms with Gasteiger partial charge in [0.2, 0.25) is 0 Å². The van der Waals surface area contributed by atoms with E-state index in [1.165, 1.54) is 0 Å². The van der Waals surface area contributed by atoms with E-state index in [4.69, 9.17) is 15.4 Å². The maximum absolute atomic E-state index is 10.1. The van der Waals surface area contributed by atoms with E-state index < -0.39 is 5.97 Å². The molecule has 0 amide bonds. The number of nitrogens with zero attached hydrogens (tertiary/aromatic N) is 3. The summed E-state index contributed by atoms with van der Waals surface area (Å²) in [6.07, 6.45) is 3.71. The van der Waals surface area contributed by atoms with Crippen molar-refractivity contribution in [3.8, 4) is 0 Å². The van der Waals surface area contributed by atoms with Crippen molar-refractivity contribution in [1.82, 2.24) is 0 Å². The number of azide groups is 1. The van der Waals surface area contributed by atoms with Gasteiger partial charge in [-0.25, -0.2) is 4.79 Å². The highest BCUT2D eigenvalue weighted by Gasteiger charge is 2.18. The molecule has 1 rings (SSSR count). The van der Waals surface area contributed by atoms with Crippen LogP contribution in [0.3, 0.4) is 0 Å². The summed E-state index contributed by atoms with van der Waals surface area (Å²) in [6.45, 7) is -0.321. The zero-order chi connectivity index (χ0) is 9.68. The first kappa shape index (κ1) is 9.57. The van der Waals surface area contributed by atoms with Crippen LogP contribution in [0.15, 0.2) is 17.3 Å². The zero-order valence-corrected chi connectivity index (χ0v) is 6.83. The van der Waals surface area contributed by atoms with Gasteiger partial charge in [-0.15, -0.1) is 0 Å². The summed E-state index contributed by atoms with van der Waals surface area (Å²) in [6, 6.07) is -0.205. The van der Waals surface area contributed by atoms with E-state index in [9.17, 15) is 4.79 Å². The number of carboxylic acid groups (broad SMARTS) is 1. The maximum Gasteiger partial charge on any atom is 0.329 e. The Morgan fingerprint density at radius 3 is 3.15 bits per heavy atom. The molecule has 0 aromatic heterocycles. The molecule has 0 aliphatic heterocycles. The van der Waals surface area contributed by atoms with Gasteiger partial charge in [-0.1, -0.05) is 17.3 Å². The second kappa shape index (κ2) is 4.49. The molecule has 0 spiro atoms. The van der Waals surface area contributed by atoms with E-state index in [0.717, 1.165) is 0 Å². The lowest BCUT2D eigenvalue weighted by Crippen LogP contribution is -2.15. The number of aliphatic carboxylic acids is 1. The number of carboxylic acids is 1. The number of carbonyl (C=O) groups is 1. The first-order valence-electron chi connectivity index (χ1n) is 3.78. The van der Waals surface area contributed by atoms with Crippen LogP contribution in [0.5, 0.6) is 0 Å². The van der Waals surface area contributed by atoms with Crippen LogP contribution in [0.1, 0.15) is 6.42 Å². The van der Waals surface area contributed by atoms with Crippen LogP contribution >= 0.6 is 0 Å². The standard InChI is InChI=1S/C7H9N3O3/c8-10-9-5-1-2-6(3-5)13-4-7(11)12/h1-2,5-6H,3-4H2,(H,11,12)/t5-,6+/m0/s1. The van der Waals surface area contributed by atoms with E-state index in [2.05, 4.69) is 10.0 Å². The molecule has 0 radical (unpaired) electrons. The molecule has 0 aromatic rings. The van der Waals surface area contributed by atoms with Gasteiger partial charge in [0.25, 0.3) is 0 Å². The van der Waals surface area contributed by atoms with Gasteiger partial charge in [-0.3, -0.25) is 0 Å². The van der Waals surface area contributed by atoms with Crippen molar-refractivity contribution in [2.45, 2.75) is 18.6 Å². The van der Waals surface area contributed by atoms with E-state index in [1.54, 1.807) is 12.2 Å². The molecule has 1 aliphatic rings. The molecular weight excluding hydrogens is 174 g/mol. The SMILES string of the molecule is [N-]=[N+]=N[C@H]1C=C[C@@H](OCC(=O)O)C1. The van der Waals surface area contributed by atoms with Crippen LogP contribution in [0, 0.1) is 0 Å². The van der Waals surface area contributed by atoms with Crippen LogP contribution < -0.4 is 0 Å². The molecule has 70 valence electrons. The summed E-state index contributed by atoms with van der Waals surface area (Å²) in [5.41, 5.74) is 8.12. The van der Waals surface area contributed by atoms with E-state index in [-0.39, 0.29) is 18.8 Å². The molecule has 6 nitrogen and oxygen atoms in total. The third kappa shape index (κ3) is 3.14. The highest BCUT2D eigenvalue weighted by Crippen LogP contribution is 2.16. The summed E-state index contributed by atoms with van der Waals surface area (Å²) < 4.78 is 4.97. The van der Waals surface area contributed by atoms with Gasteiger partial charge in [-0.2, -0.15) is 0 Å². The van der Waals surface area contributed by atoms with E-state index in [1.807, 2.05) is 0 Å². The molecule has 2 atom stereocenters. The van der Waals surface area contributed by atoms with Gasteiger partial charge in [-0.05, 0) is 12.0 Å². The van der Waals surface area contributed by atoms with Crippen LogP contribution in [0.25, 0.3) is 10.4 Å². The Kier molecular flexibility index (Phi) is 3.31. The van der Waals surface area contributed by atoms with Crippen molar-refractivity contribution >= 4 is 5.97 Å². The number of ether oxygens (including phenoxy) is 1. The van der Waals surface area contributed by atoms with Crippen LogP contribution in [-0.4, -0.2) is 29.8 Å². The van der Waals surface area contributed by atoms with Crippen LogP contribution in [0.4, 0.5) is 0 Å². The zero-order valence-electron chi connectivity index (χ0n) is 6.83. The minimum Gasteiger partial charge on any atom is -0.480 e. The van der Waals surface area contributed by atoms with Gasteiger partial charge in [0, 0.05) is 4.91 Å². The van der Waals surface area contributed by atoms with Crippen molar-refractivity contribution in [3.63, 3.8) is 0 Å². The minimum absolute atomic E-state index is 0.205. The molecule has 1 N–H and O–H groups in total. The lowest BCUT2D eigenvalue weighted by molar-refractivity contribution is -0.143. The summed E-state index contributed by atoms with van der Waals surface area (Å²) in [7, 11) is 0. The lowest BCUT2D eigenvalue weighted by atomic mass is 10.2. The van der Waals surface area contributed by atoms with Gasteiger partial charge in [0.1, 0.15) is 6.61 Å². The van der Waals surface area contributed by atoms with Gasteiger partial charge in [0.15, 0.2) is 0 Å². The van der Waals surface area contributed by atoms with Crippen molar-refractivity contribution in [1.29, 1.82) is 0 Å². The Morgan fingerprint density at radius 1 is 1.77 bits per heavy atom. The molecule has 0 bridgehead atoms. The van der Waals surface area contributed by atoms with Gasteiger partial charge >= 0.3 is 5.97 Å². The predicted octanol–water partition coefficient (Wildman–Crippen LogP) is 1.09. The predicted molar refractivity (Wildman–Crippen MR) is 44.1 cm³/mol. The van der Waals surface area contributed by atoms with Crippen molar-refractivity contribution in [2.75, 3.05) is 6.61 Å². The summed E-state index contributed by atoms with van der Waals surface area (Å²) in [5.74, 6) is -0.999. The largest absolute Gasteiger partial charge is 0.480 e. The van der Waals surface area contributed by atoms with Crippen LogP contribution in [-0.2, 0) is 9.53 Å². The molecule has 0 saturated heterocycles. The van der Waals surface area contributed by atoms with Crippen molar-refractivity contribution in [3.05, 3.63) is 22.6 Å². The Hall–Kier alpha value is -1.52. The number of hydrogen-bond donors (Lipinski definition) is 1. The van der Waals surface area contributed by atoms with Crippen molar-refractivity contribution in [2.24, 2.45) is 5.11 Å². The summed E-state index contributed by atoms with van der Waals surface area (Å²) in [4.78, 5) is 12.8. The monoisotopic (exact) mass is 183 g/mol. The fourth-order valence-electron chi connectivity index (χ4n) is 1.10. The quantitative estimate of drug-likeness (QED) is 0.306. The topological polar surface area (TPSA) is 95.3 Å². The highest BCUT2D eigenvalue weighted by atomic mass is 16.5. The minimum atomic E-state index is -0.999. The average molecular weight is 183 g/mol.